The Hall–Kier alpha value is -3.68. The number of halogens is 2. The zero-order valence-corrected chi connectivity index (χ0v) is 27.5. The number of piperazine rings is 1. The Morgan fingerprint density at radius 2 is 1.67 bits per heavy atom. The van der Waals surface area contributed by atoms with Crippen molar-refractivity contribution in [2.75, 3.05) is 44.6 Å². The quantitative estimate of drug-likeness (QED) is 0.0895. The van der Waals surface area contributed by atoms with E-state index in [0.717, 1.165) is 70.9 Å². The van der Waals surface area contributed by atoms with Crippen LogP contribution < -0.4 is 10.1 Å². The predicted octanol–water partition coefficient (Wildman–Crippen LogP) is 8.67. The topological polar surface area (TPSA) is 53.5 Å². The number of benzene rings is 3. The SMILES string of the molecule is CC=CC/C(Cl)=C\C=C(/C)C(c1ccc(Cl)cc1)N1CCN(Cc2nc(NCCOc3ccccc3)c3ccccc3n2)CC1. The van der Waals surface area contributed by atoms with Crippen LogP contribution >= 0.6 is 23.2 Å². The van der Waals surface area contributed by atoms with E-state index in [4.69, 9.17) is 37.9 Å². The molecule has 4 aromatic rings. The standard InChI is InChI=1S/C37H41Cl2N5O/c1-3-4-10-30(38)18-15-28(2)36(29-16-19-31(39)20-17-29)44-24-22-43(23-25-44)27-35-41-34-14-9-8-13-33(34)37(42-35)40-21-26-45-32-11-6-5-7-12-32/h3-9,11-20,36H,10,21-27H2,1-2H3,(H,40,41,42)/b4-3?,28-15+,30-18+. The number of ether oxygens (including phenoxy) is 1. The van der Waals surface area contributed by atoms with Gasteiger partial charge in [0.25, 0.3) is 0 Å². The Balaban J connectivity index is 1.25. The molecule has 0 aliphatic carbocycles. The zero-order chi connectivity index (χ0) is 31.4. The first-order chi connectivity index (χ1) is 22.0. The van der Waals surface area contributed by atoms with Crippen molar-refractivity contribution in [3.8, 4) is 5.75 Å². The van der Waals surface area contributed by atoms with E-state index in [-0.39, 0.29) is 6.04 Å². The highest BCUT2D eigenvalue weighted by Gasteiger charge is 2.27. The minimum atomic E-state index is 0.137. The van der Waals surface area contributed by atoms with Gasteiger partial charge < -0.3 is 10.1 Å². The molecule has 1 aliphatic rings. The van der Waals surface area contributed by atoms with Gasteiger partial charge in [0.05, 0.1) is 24.6 Å². The molecule has 0 amide bonds. The molecular formula is C37H41Cl2N5O. The second-order valence-corrected chi connectivity index (χ2v) is 12.1. The van der Waals surface area contributed by atoms with Crippen molar-refractivity contribution in [3.63, 3.8) is 0 Å². The first kappa shape index (κ1) is 32.7. The van der Waals surface area contributed by atoms with Crippen LogP contribution in [0.3, 0.4) is 0 Å². The van der Waals surface area contributed by atoms with Crippen LogP contribution in [0.4, 0.5) is 5.82 Å². The van der Waals surface area contributed by atoms with Gasteiger partial charge in [-0.05, 0) is 61.9 Å². The first-order valence-electron chi connectivity index (χ1n) is 15.5. The number of nitrogens with one attached hydrogen (secondary N) is 1. The Labute approximate surface area is 277 Å². The van der Waals surface area contributed by atoms with Crippen molar-refractivity contribution in [2.45, 2.75) is 32.9 Å². The Kier molecular flexibility index (Phi) is 12.0. The molecule has 1 atom stereocenters. The molecule has 1 N–H and O–H groups in total. The van der Waals surface area contributed by atoms with Gasteiger partial charge in [-0.25, -0.2) is 9.97 Å². The molecule has 3 aromatic carbocycles. The molecule has 0 radical (unpaired) electrons. The minimum Gasteiger partial charge on any atom is -0.492 e. The van der Waals surface area contributed by atoms with Gasteiger partial charge in [-0.1, -0.05) is 89.5 Å². The van der Waals surface area contributed by atoms with Crippen LogP contribution in [0.15, 0.2) is 114 Å². The summed E-state index contributed by atoms with van der Waals surface area (Å²) in [5.41, 5.74) is 3.41. The van der Waals surface area contributed by atoms with E-state index in [1.807, 2.05) is 73.7 Å². The fourth-order valence-electron chi connectivity index (χ4n) is 5.58. The van der Waals surface area contributed by atoms with E-state index in [0.29, 0.717) is 19.7 Å². The van der Waals surface area contributed by atoms with Crippen molar-refractivity contribution in [1.82, 2.24) is 19.8 Å². The number of rotatable bonds is 13. The first-order valence-corrected chi connectivity index (χ1v) is 16.3. The zero-order valence-electron chi connectivity index (χ0n) is 26.0. The van der Waals surface area contributed by atoms with Crippen LogP contribution in [0.2, 0.25) is 5.02 Å². The summed E-state index contributed by atoms with van der Waals surface area (Å²) >= 11 is 12.7. The van der Waals surface area contributed by atoms with E-state index in [1.54, 1.807) is 0 Å². The number of para-hydroxylation sites is 2. The van der Waals surface area contributed by atoms with Crippen LogP contribution in [-0.2, 0) is 6.54 Å². The third kappa shape index (κ3) is 9.41. The van der Waals surface area contributed by atoms with Gasteiger partial charge in [0.2, 0.25) is 0 Å². The number of allylic oxidation sites excluding steroid dienone is 5. The average Bonchev–Trinajstić information content (AvgIpc) is 3.07. The second kappa shape index (κ2) is 16.6. The lowest BCUT2D eigenvalue weighted by Gasteiger charge is -2.40. The summed E-state index contributed by atoms with van der Waals surface area (Å²) in [5.74, 6) is 2.52. The van der Waals surface area contributed by atoms with E-state index in [9.17, 15) is 0 Å². The molecule has 1 unspecified atom stereocenters. The molecule has 234 valence electrons. The van der Waals surface area contributed by atoms with Crippen LogP contribution in [-0.4, -0.2) is 59.1 Å². The van der Waals surface area contributed by atoms with Gasteiger partial charge in [-0.3, -0.25) is 9.80 Å². The van der Waals surface area contributed by atoms with Gasteiger partial charge >= 0.3 is 0 Å². The third-order valence-corrected chi connectivity index (χ3v) is 8.42. The monoisotopic (exact) mass is 641 g/mol. The Morgan fingerprint density at radius 3 is 2.42 bits per heavy atom. The van der Waals surface area contributed by atoms with Gasteiger partial charge in [0.15, 0.2) is 0 Å². The third-order valence-electron chi connectivity index (χ3n) is 7.89. The normalized spacial score (nSPS) is 15.9. The highest BCUT2D eigenvalue weighted by Crippen LogP contribution is 2.31. The number of nitrogens with zero attached hydrogens (tertiary/aromatic N) is 4. The summed E-state index contributed by atoms with van der Waals surface area (Å²) in [6.07, 6.45) is 9.00. The van der Waals surface area contributed by atoms with Gasteiger partial charge in [0, 0.05) is 48.0 Å². The maximum absolute atomic E-state index is 6.47. The molecular weight excluding hydrogens is 601 g/mol. The maximum atomic E-state index is 6.47. The van der Waals surface area contributed by atoms with E-state index < -0.39 is 0 Å². The fourth-order valence-corrected chi connectivity index (χ4v) is 5.86. The van der Waals surface area contributed by atoms with Gasteiger partial charge in [0.1, 0.15) is 24.0 Å². The smallest absolute Gasteiger partial charge is 0.145 e. The molecule has 0 saturated carbocycles. The fraction of sp³-hybridized carbons (Fsp3) is 0.297. The average molecular weight is 643 g/mol. The minimum absolute atomic E-state index is 0.137. The van der Waals surface area contributed by atoms with Crippen LogP contribution in [0, 0.1) is 0 Å². The summed E-state index contributed by atoms with van der Waals surface area (Å²) in [7, 11) is 0. The molecule has 2 heterocycles. The lowest BCUT2D eigenvalue weighted by molar-refractivity contribution is 0.102. The molecule has 8 heteroatoms. The van der Waals surface area contributed by atoms with Crippen molar-refractivity contribution < 1.29 is 4.74 Å². The van der Waals surface area contributed by atoms with E-state index in [2.05, 4.69) is 58.5 Å². The molecule has 1 saturated heterocycles. The lowest BCUT2D eigenvalue weighted by atomic mass is 9.96. The molecule has 1 fully saturated rings. The number of anilines is 1. The van der Waals surface area contributed by atoms with Crippen molar-refractivity contribution >= 4 is 39.9 Å². The number of hydrogen-bond donors (Lipinski definition) is 1. The Morgan fingerprint density at radius 1 is 0.933 bits per heavy atom. The van der Waals surface area contributed by atoms with Gasteiger partial charge in [-0.15, -0.1) is 0 Å². The van der Waals surface area contributed by atoms with E-state index >= 15 is 0 Å². The largest absolute Gasteiger partial charge is 0.492 e. The highest BCUT2D eigenvalue weighted by molar-refractivity contribution is 6.30. The van der Waals surface area contributed by atoms with Crippen LogP contribution in [0.1, 0.15) is 37.7 Å². The number of hydrogen-bond acceptors (Lipinski definition) is 6. The maximum Gasteiger partial charge on any atom is 0.145 e. The summed E-state index contributed by atoms with van der Waals surface area (Å²) in [5, 5.41) is 6.06. The van der Waals surface area contributed by atoms with Gasteiger partial charge in [-0.2, -0.15) is 0 Å². The lowest BCUT2D eigenvalue weighted by Crippen LogP contribution is -2.47. The molecule has 0 spiro atoms. The van der Waals surface area contributed by atoms with Crippen LogP contribution in [0.5, 0.6) is 5.75 Å². The van der Waals surface area contributed by atoms with Crippen molar-refractivity contribution in [2.24, 2.45) is 0 Å². The Bertz CT molecular complexity index is 1610. The van der Waals surface area contributed by atoms with Crippen molar-refractivity contribution in [3.05, 3.63) is 130 Å². The number of aromatic nitrogens is 2. The molecule has 5 rings (SSSR count). The predicted molar refractivity (Wildman–Crippen MR) is 188 cm³/mol. The molecule has 1 aliphatic heterocycles. The highest BCUT2D eigenvalue weighted by atomic mass is 35.5. The van der Waals surface area contributed by atoms with E-state index in [1.165, 1.54) is 11.1 Å². The van der Waals surface area contributed by atoms with Crippen LogP contribution in [0.25, 0.3) is 10.9 Å². The summed E-state index contributed by atoms with van der Waals surface area (Å²) in [6.45, 7) is 9.74. The summed E-state index contributed by atoms with van der Waals surface area (Å²) in [4.78, 5) is 14.9. The molecule has 0 bridgehead atoms. The molecule has 6 nitrogen and oxygen atoms in total. The summed E-state index contributed by atoms with van der Waals surface area (Å²) in [6, 6.07) is 26.4. The molecule has 1 aromatic heterocycles. The molecule has 45 heavy (non-hydrogen) atoms. The summed E-state index contributed by atoms with van der Waals surface area (Å²) < 4.78 is 5.88. The number of fused-ring (bicyclic) bond motifs is 1. The second-order valence-electron chi connectivity index (χ2n) is 11.2. The van der Waals surface area contributed by atoms with Crippen molar-refractivity contribution in [1.29, 1.82) is 0 Å².